The van der Waals surface area contributed by atoms with Gasteiger partial charge >= 0.3 is 12.1 Å². The van der Waals surface area contributed by atoms with Crippen LogP contribution in [-0.4, -0.2) is 17.2 Å². The number of nitrogens with zero attached hydrogens (tertiary/aromatic N) is 2. The summed E-state index contributed by atoms with van der Waals surface area (Å²) in [5.41, 5.74) is 0.776. The second-order valence-electron chi connectivity index (χ2n) is 6.98. The van der Waals surface area contributed by atoms with Crippen molar-refractivity contribution in [2.75, 3.05) is 0 Å². The maximum atomic E-state index is 12.9. The molecule has 1 heterocycles. The summed E-state index contributed by atoms with van der Waals surface area (Å²) in [4.78, 5) is 3.16. The number of aliphatic hydroxyl groups excluding tert-OH is 1. The third-order valence-corrected chi connectivity index (χ3v) is 5.17. The molecule has 0 radical (unpaired) electrons. The van der Waals surface area contributed by atoms with Crippen molar-refractivity contribution in [3.05, 3.63) is 69.8 Å². The zero-order valence-corrected chi connectivity index (χ0v) is 18.4. The number of rotatable bonds is 7. The lowest BCUT2D eigenvalue weighted by molar-refractivity contribution is -0.698. The molecule has 0 bridgehead atoms. The molecule has 32 heavy (non-hydrogen) atoms. The van der Waals surface area contributed by atoms with Crippen molar-refractivity contribution in [1.82, 2.24) is 0 Å². The van der Waals surface area contributed by atoms with Crippen LogP contribution in [0.1, 0.15) is 37.1 Å². The zero-order chi connectivity index (χ0) is 23.5. The Morgan fingerprint density at radius 1 is 1.09 bits per heavy atom. The molecule has 1 aromatic heterocycles. The van der Waals surface area contributed by atoms with Gasteiger partial charge in [0.25, 0.3) is 11.6 Å². The molecule has 3 rings (SSSR count). The van der Waals surface area contributed by atoms with E-state index in [-0.39, 0.29) is 11.6 Å². The molecule has 3 aromatic rings. The minimum atomic E-state index is -5.19. The minimum Gasteiger partial charge on any atom is -0.855 e. The molecule has 0 saturated heterocycles. The number of hydrogen-bond donors (Lipinski definition) is 1. The third-order valence-electron chi connectivity index (χ3n) is 4.67. The van der Waals surface area contributed by atoms with Crippen LogP contribution in [0.4, 0.5) is 19.1 Å². The van der Waals surface area contributed by atoms with Crippen molar-refractivity contribution in [3.63, 3.8) is 0 Å². The van der Waals surface area contributed by atoms with Gasteiger partial charge in [0.15, 0.2) is 12.6 Å². The number of aliphatic imine (C=N–C) groups is 1. The first-order valence-electron chi connectivity index (χ1n) is 9.70. The van der Waals surface area contributed by atoms with Crippen LogP contribution in [-0.2, 0) is 6.54 Å². The van der Waals surface area contributed by atoms with E-state index < -0.39 is 24.1 Å². The molecule has 170 valence electrons. The minimum absolute atomic E-state index is 0.0664. The summed E-state index contributed by atoms with van der Waals surface area (Å²) in [6.45, 7) is 2.25. The highest BCUT2D eigenvalue weighted by Gasteiger charge is 2.37. The lowest BCUT2D eigenvalue weighted by atomic mass is 10.1. The fourth-order valence-electron chi connectivity index (χ4n) is 3.07. The number of oxazole rings is 1. The molecule has 5 nitrogen and oxygen atoms in total. The molecule has 0 aliphatic heterocycles. The third kappa shape index (κ3) is 5.43. The number of halogens is 5. The SMILES string of the molecule is CCCC[n+]1c(-c2ccc(Cl)cc2)oc(/N=C(\[O-])C(F)(F)F)c1C(O)c1ccc(Cl)cc1. The van der Waals surface area contributed by atoms with Crippen LogP contribution >= 0.6 is 23.2 Å². The number of aromatic nitrogens is 1. The summed E-state index contributed by atoms with van der Waals surface area (Å²) in [5.74, 6) is -2.80. The average molecular weight is 487 g/mol. The van der Waals surface area contributed by atoms with Gasteiger partial charge in [0.2, 0.25) is 0 Å². The van der Waals surface area contributed by atoms with Crippen LogP contribution in [0.3, 0.4) is 0 Å². The lowest BCUT2D eigenvalue weighted by Gasteiger charge is -2.13. The molecule has 0 saturated carbocycles. The fraction of sp³-hybridized carbons (Fsp3) is 0.273. The Bertz CT molecular complexity index is 1100. The number of hydrogen-bond acceptors (Lipinski definition) is 4. The van der Waals surface area contributed by atoms with Crippen molar-refractivity contribution in [2.24, 2.45) is 4.99 Å². The van der Waals surface area contributed by atoms with Gasteiger partial charge in [-0.2, -0.15) is 17.7 Å². The molecule has 1 N–H and O–H groups in total. The number of alkyl halides is 3. The van der Waals surface area contributed by atoms with Gasteiger partial charge in [-0.1, -0.05) is 48.7 Å². The monoisotopic (exact) mass is 486 g/mol. The van der Waals surface area contributed by atoms with Crippen molar-refractivity contribution in [2.45, 2.75) is 38.6 Å². The Morgan fingerprint density at radius 2 is 1.66 bits per heavy atom. The molecular weight excluding hydrogens is 468 g/mol. The number of benzene rings is 2. The van der Waals surface area contributed by atoms with Gasteiger partial charge in [0, 0.05) is 16.5 Å². The molecule has 10 heteroatoms. The fourth-order valence-corrected chi connectivity index (χ4v) is 3.32. The van der Waals surface area contributed by atoms with Crippen molar-refractivity contribution in [3.8, 4) is 11.5 Å². The van der Waals surface area contributed by atoms with Crippen LogP contribution in [0.25, 0.3) is 11.5 Å². The second kappa shape index (κ2) is 9.94. The highest BCUT2D eigenvalue weighted by atomic mass is 35.5. The Hall–Kier alpha value is -2.55. The number of aliphatic hydroxyl groups is 1. The van der Waals surface area contributed by atoms with Crippen molar-refractivity contribution < 1.29 is 32.4 Å². The van der Waals surface area contributed by atoms with Gasteiger partial charge in [0.05, 0.1) is 11.5 Å². The summed E-state index contributed by atoms with van der Waals surface area (Å²) < 4.78 is 46.0. The first-order chi connectivity index (χ1) is 15.1. The smallest absolute Gasteiger partial charge is 0.419 e. The van der Waals surface area contributed by atoms with Crippen LogP contribution in [0.5, 0.6) is 0 Å². The van der Waals surface area contributed by atoms with E-state index in [1.165, 1.54) is 28.8 Å². The largest absolute Gasteiger partial charge is 0.855 e. The van der Waals surface area contributed by atoms with Crippen LogP contribution in [0.15, 0.2) is 57.9 Å². The van der Waals surface area contributed by atoms with Gasteiger partial charge < -0.3 is 14.6 Å². The maximum Gasteiger partial charge on any atom is 0.419 e. The van der Waals surface area contributed by atoms with Gasteiger partial charge in [-0.3, -0.25) is 0 Å². The van der Waals surface area contributed by atoms with E-state index in [4.69, 9.17) is 27.6 Å². The van der Waals surface area contributed by atoms with E-state index in [0.717, 1.165) is 6.42 Å². The van der Waals surface area contributed by atoms with Gasteiger partial charge in [-0.15, -0.1) is 0 Å². The molecule has 0 amide bonds. The molecule has 2 aromatic carbocycles. The zero-order valence-electron chi connectivity index (χ0n) is 16.9. The van der Waals surface area contributed by atoms with Gasteiger partial charge in [-0.05, 0) is 42.0 Å². The van der Waals surface area contributed by atoms with E-state index in [0.29, 0.717) is 34.1 Å². The van der Waals surface area contributed by atoms with E-state index in [1.54, 1.807) is 24.3 Å². The quantitative estimate of drug-likeness (QED) is 0.277. The predicted molar refractivity (Wildman–Crippen MR) is 113 cm³/mol. The van der Waals surface area contributed by atoms with Crippen LogP contribution < -0.4 is 9.67 Å². The Labute approximate surface area is 192 Å². The predicted octanol–water partition coefficient (Wildman–Crippen LogP) is 5.38. The molecule has 0 aliphatic carbocycles. The van der Waals surface area contributed by atoms with Crippen molar-refractivity contribution >= 4 is 35.0 Å². The lowest BCUT2D eigenvalue weighted by Crippen LogP contribution is -2.40. The molecule has 1 atom stereocenters. The summed E-state index contributed by atoms with van der Waals surface area (Å²) in [6.07, 6.45) is -5.21. The first-order valence-corrected chi connectivity index (χ1v) is 10.5. The highest BCUT2D eigenvalue weighted by Crippen LogP contribution is 2.35. The van der Waals surface area contributed by atoms with Crippen LogP contribution in [0, 0.1) is 0 Å². The summed E-state index contributed by atoms with van der Waals surface area (Å²) >= 11 is 11.8. The first kappa shape index (κ1) is 24.1. The highest BCUT2D eigenvalue weighted by molar-refractivity contribution is 6.30. The van der Waals surface area contributed by atoms with Crippen LogP contribution in [0.2, 0.25) is 10.0 Å². The van der Waals surface area contributed by atoms with Crippen molar-refractivity contribution in [1.29, 1.82) is 0 Å². The maximum absolute atomic E-state index is 12.9. The molecular formula is C22H19Cl2F3N2O3. The Morgan fingerprint density at radius 3 is 2.19 bits per heavy atom. The Balaban J connectivity index is 2.26. The topological polar surface area (TPSA) is 72.7 Å². The second-order valence-corrected chi connectivity index (χ2v) is 7.85. The standard InChI is InChI=1S/C22H19Cl2F3N2O3/c1-2-3-12-29-17(18(30)13-4-8-15(23)9-5-13)19(28-21(31)22(25,26)27)32-20(29)14-6-10-16(24)11-7-14/h4-11,18,30H,2-3,12H2,1H3. The van der Waals surface area contributed by atoms with Gasteiger partial charge in [-0.25, -0.2) is 4.99 Å². The van der Waals surface area contributed by atoms with E-state index in [2.05, 4.69) is 4.99 Å². The molecule has 0 aliphatic rings. The normalized spacial score (nSPS) is 13.4. The molecule has 1 unspecified atom stereocenters. The van der Waals surface area contributed by atoms with E-state index in [1.807, 2.05) is 6.92 Å². The average Bonchev–Trinajstić information content (AvgIpc) is 3.10. The molecule has 0 spiro atoms. The van der Waals surface area contributed by atoms with Gasteiger partial charge in [0.1, 0.15) is 0 Å². The number of unbranched alkanes of at least 4 members (excludes halogenated alkanes) is 1. The Kier molecular flexibility index (Phi) is 7.48. The molecule has 0 fully saturated rings. The summed E-state index contributed by atoms with van der Waals surface area (Å²) in [7, 11) is 0. The summed E-state index contributed by atoms with van der Waals surface area (Å²) in [5, 5.41) is 23.6. The van der Waals surface area contributed by atoms with E-state index in [9.17, 15) is 23.4 Å². The van der Waals surface area contributed by atoms with E-state index >= 15 is 0 Å². The summed E-state index contributed by atoms with van der Waals surface area (Å²) in [6, 6.07) is 12.6.